The highest BCUT2D eigenvalue weighted by atomic mass is 16.1. The van der Waals surface area contributed by atoms with Gasteiger partial charge in [-0.1, -0.05) is 30.7 Å². The molecule has 0 radical (unpaired) electrons. The molecule has 26 heavy (non-hydrogen) atoms. The van der Waals surface area contributed by atoms with E-state index in [2.05, 4.69) is 41.6 Å². The van der Waals surface area contributed by atoms with E-state index in [1.165, 1.54) is 25.0 Å². The molecule has 1 aromatic heterocycles. The Kier molecular flexibility index (Phi) is 3.47. The van der Waals surface area contributed by atoms with Gasteiger partial charge in [0, 0.05) is 18.4 Å². The van der Waals surface area contributed by atoms with Gasteiger partial charge in [-0.25, -0.2) is 4.68 Å². The Morgan fingerprint density at radius 3 is 2.88 bits per heavy atom. The lowest BCUT2D eigenvalue weighted by molar-refractivity contribution is -0.123. The monoisotopic (exact) mass is 352 g/mol. The lowest BCUT2D eigenvalue weighted by Crippen LogP contribution is -2.49. The van der Waals surface area contributed by atoms with E-state index in [9.17, 15) is 4.79 Å². The van der Waals surface area contributed by atoms with E-state index in [0.29, 0.717) is 17.8 Å². The highest BCUT2D eigenvalue weighted by molar-refractivity contribution is 5.76. The molecule has 2 saturated carbocycles. The van der Waals surface area contributed by atoms with Gasteiger partial charge in [-0.3, -0.25) is 4.79 Å². The van der Waals surface area contributed by atoms with E-state index in [-0.39, 0.29) is 16.7 Å². The van der Waals surface area contributed by atoms with Crippen molar-refractivity contribution >= 4 is 11.6 Å². The van der Waals surface area contributed by atoms with Crippen molar-refractivity contribution in [1.29, 1.82) is 0 Å². The summed E-state index contributed by atoms with van der Waals surface area (Å²) in [6, 6.07) is 0. The maximum Gasteiger partial charge on any atom is 0.220 e. The number of carbonyl (C=O) groups is 1. The quantitative estimate of drug-likeness (QED) is 0.842. The van der Waals surface area contributed by atoms with Gasteiger partial charge in [-0.15, -0.1) is 5.10 Å². The topological polar surface area (TPSA) is 59.8 Å². The van der Waals surface area contributed by atoms with Gasteiger partial charge in [0.25, 0.3) is 0 Å². The summed E-state index contributed by atoms with van der Waals surface area (Å²) in [5, 5.41) is 11.4. The number of hydrogen-bond donors (Lipinski definition) is 1. The van der Waals surface area contributed by atoms with Crippen LogP contribution < -0.4 is 5.32 Å². The van der Waals surface area contributed by atoms with Gasteiger partial charge in [-0.2, -0.15) is 0 Å². The van der Waals surface area contributed by atoms with Crippen molar-refractivity contribution in [3.8, 4) is 0 Å². The molecule has 0 aromatic carbocycles. The summed E-state index contributed by atoms with van der Waals surface area (Å²) in [6.07, 6.45) is 15.0. The Labute approximate surface area is 154 Å². The van der Waals surface area contributed by atoms with Crippen molar-refractivity contribution in [3.63, 3.8) is 0 Å². The summed E-state index contributed by atoms with van der Waals surface area (Å²) in [5.74, 6) is 2.13. The molecule has 5 atom stereocenters. The number of nitrogens with one attached hydrogen (secondary N) is 1. The predicted octanol–water partition coefficient (Wildman–Crippen LogP) is 3.42. The molecule has 0 unspecified atom stereocenters. The second-order valence-electron chi connectivity index (χ2n) is 9.19. The molecular formula is C21H28N4O. The Morgan fingerprint density at radius 1 is 1.19 bits per heavy atom. The first kappa shape index (κ1) is 16.3. The van der Waals surface area contributed by atoms with Gasteiger partial charge in [0.15, 0.2) is 0 Å². The number of aromatic nitrogens is 3. The van der Waals surface area contributed by atoms with Gasteiger partial charge in [0.05, 0.1) is 18.1 Å². The van der Waals surface area contributed by atoms with Gasteiger partial charge in [0.2, 0.25) is 5.91 Å². The Bertz CT molecular complexity index is 795. The van der Waals surface area contributed by atoms with Gasteiger partial charge in [0.1, 0.15) is 0 Å². The average molecular weight is 352 g/mol. The molecule has 138 valence electrons. The molecule has 3 fully saturated rings. The van der Waals surface area contributed by atoms with E-state index in [4.69, 9.17) is 0 Å². The van der Waals surface area contributed by atoms with Crippen molar-refractivity contribution in [2.24, 2.45) is 28.6 Å². The van der Waals surface area contributed by atoms with Crippen molar-refractivity contribution in [1.82, 2.24) is 20.3 Å². The average Bonchev–Trinajstić information content (AvgIpc) is 3.20. The largest absolute Gasteiger partial charge is 0.356 e. The number of amides is 1. The number of allylic oxidation sites excluding steroid dienone is 4. The second kappa shape index (κ2) is 5.54. The van der Waals surface area contributed by atoms with Gasteiger partial charge >= 0.3 is 0 Å². The summed E-state index contributed by atoms with van der Waals surface area (Å²) in [4.78, 5) is 12.1. The maximum absolute atomic E-state index is 12.1. The van der Waals surface area contributed by atoms with Gasteiger partial charge in [-0.05, 0) is 61.3 Å². The third-order valence-electron chi connectivity index (χ3n) is 8.16. The van der Waals surface area contributed by atoms with Crippen molar-refractivity contribution < 1.29 is 4.79 Å². The van der Waals surface area contributed by atoms with Gasteiger partial charge < -0.3 is 5.32 Å². The summed E-state index contributed by atoms with van der Waals surface area (Å²) in [7, 11) is 0. The molecule has 1 aliphatic heterocycles. The van der Waals surface area contributed by atoms with Crippen molar-refractivity contribution in [2.45, 2.75) is 52.4 Å². The molecule has 0 spiro atoms. The molecule has 1 N–H and O–H groups in total. The first-order valence-corrected chi connectivity index (χ1v) is 10.1. The molecule has 1 saturated heterocycles. The number of nitrogens with zero attached hydrogens (tertiary/aromatic N) is 3. The van der Waals surface area contributed by atoms with Crippen molar-refractivity contribution in [3.05, 3.63) is 30.1 Å². The number of rotatable bonds is 1. The van der Waals surface area contributed by atoms with E-state index >= 15 is 0 Å². The zero-order valence-electron chi connectivity index (χ0n) is 15.7. The lowest BCUT2D eigenvalue weighted by Gasteiger charge is -2.56. The fourth-order valence-corrected chi connectivity index (χ4v) is 6.67. The smallest absolute Gasteiger partial charge is 0.220 e. The van der Waals surface area contributed by atoms with Crippen LogP contribution in [0.4, 0.5) is 0 Å². The molecule has 5 nitrogen and oxygen atoms in total. The Morgan fingerprint density at radius 2 is 2.08 bits per heavy atom. The molecule has 5 rings (SSSR count). The molecule has 3 aliphatic carbocycles. The predicted molar refractivity (Wildman–Crippen MR) is 99.8 cm³/mol. The van der Waals surface area contributed by atoms with Crippen LogP contribution in [0.25, 0.3) is 5.70 Å². The molecule has 5 heteroatoms. The van der Waals surface area contributed by atoms with Crippen LogP contribution in [-0.2, 0) is 4.79 Å². The Balaban J connectivity index is 1.47. The third-order valence-corrected chi connectivity index (χ3v) is 8.16. The number of carbonyl (C=O) groups excluding carboxylic acids is 1. The lowest BCUT2D eigenvalue weighted by atomic mass is 9.48. The fraction of sp³-hybridized carbons (Fsp3) is 0.667. The summed E-state index contributed by atoms with van der Waals surface area (Å²) in [5.41, 5.74) is 3.23. The van der Waals surface area contributed by atoms with E-state index in [0.717, 1.165) is 25.8 Å². The molecule has 0 bridgehead atoms. The summed E-state index contributed by atoms with van der Waals surface area (Å²) in [6.45, 7) is 5.70. The van der Waals surface area contributed by atoms with E-state index in [1.807, 2.05) is 10.9 Å². The van der Waals surface area contributed by atoms with Crippen LogP contribution in [0.2, 0.25) is 0 Å². The van der Waals surface area contributed by atoms with Crippen LogP contribution in [0.5, 0.6) is 0 Å². The minimum Gasteiger partial charge on any atom is -0.356 e. The minimum absolute atomic E-state index is 0.0802. The van der Waals surface area contributed by atoms with Crippen LogP contribution in [0.3, 0.4) is 0 Å². The standard InChI is InChI=1S/C21H28N4O/c1-20-9-10-22-19(26)13-14(20)3-4-15-16-5-6-18(25-12-11-23-24-25)21(16,2)8-7-17(15)20/h5-6,11-12,14-15,17H,3-4,7-10,13H2,1-2H3,(H,22,26)/t14-,15-,17-,20-,21-/m0/s1. The van der Waals surface area contributed by atoms with Crippen LogP contribution in [-0.4, -0.2) is 27.4 Å². The zero-order chi connectivity index (χ0) is 17.9. The SMILES string of the molecule is C[C@]12CC[C@H]3[C@@H](CC[C@H]4CC(=O)NCC[C@@]43C)C1=CC=C2n1ccnn1. The molecule has 2 heterocycles. The zero-order valence-corrected chi connectivity index (χ0v) is 15.7. The molecule has 4 aliphatic rings. The highest BCUT2D eigenvalue weighted by Gasteiger charge is 2.56. The Hall–Kier alpha value is -1.91. The molecule has 1 amide bonds. The number of hydrogen-bond acceptors (Lipinski definition) is 3. The fourth-order valence-electron chi connectivity index (χ4n) is 6.67. The maximum atomic E-state index is 12.1. The molecule has 1 aromatic rings. The van der Waals surface area contributed by atoms with E-state index in [1.54, 1.807) is 11.8 Å². The van der Waals surface area contributed by atoms with Crippen LogP contribution in [0.1, 0.15) is 52.4 Å². The summed E-state index contributed by atoms with van der Waals surface area (Å²) < 4.78 is 1.95. The second-order valence-corrected chi connectivity index (χ2v) is 9.19. The molecular weight excluding hydrogens is 324 g/mol. The van der Waals surface area contributed by atoms with Crippen LogP contribution in [0, 0.1) is 28.6 Å². The minimum atomic E-state index is 0.0802. The summed E-state index contributed by atoms with van der Waals surface area (Å²) >= 11 is 0. The van der Waals surface area contributed by atoms with Crippen molar-refractivity contribution in [2.75, 3.05) is 6.54 Å². The van der Waals surface area contributed by atoms with E-state index < -0.39 is 0 Å². The van der Waals surface area contributed by atoms with Crippen LogP contribution in [0.15, 0.2) is 30.1 Å². The normalized spacial score (nSPS) is 41.9. The van der Waals surface area contributed by atoms with Crippen LogP contribution >= 0.6 is 0 Å². The third kappa shape index (κ3) is 2.12. The first-order valence-electron chi connectivity index (χ1n) is 10.1. The first-order chi connectivity index (χ1) is 12.5. The highest BCUT2D eigenvalue weighted by Crippen LogP contribution is 2.64. The number of fused-ring (bicyclic) bond motifs is 5.